The normalized spacial score (nSPS) is 21.3. The first-order valence-corrected chi connectivity index (χ1v) is 5.86. The van der Waals surface area contributed by atoms with Crippen LogP contribution in [-0.2, 0) is 4.74 Å². The first kappa shape index (κ1) is 8.88. The molecule has 1 aliphatic rings. The second kappa shape index (κ2) is 5.44. The number of hydrogen-bond donors (Lipinski definition) is 0. The van der Waals surface area contributed by atoms with Gasteiger partial charge in [-0.15, -0.1) is 0 Å². The molecule has 1 aliphatic heterocycles. The second-order valence-electron chi connectivity index (χ2n) is 2.37. The van der Waals surface area contributed by atoms with Crippen LogP contribution >= 0.6 is 27.7 Å². The molecule has 10 heavy (non-hydrogen) atoms. The summed E-state index contributed by atoms with van der Waals surface area (Å²) in [6.45, 7) is 1.94. The number of ether oxygens (including phenoxy) is 1. The molecule has 1 fully saturated rings. The van der Waals surface area contributed by atoms with Gasteiger partial charge in [-0.2, -0.15) is 11.8 Å². The third-order valence-electron chi connectivity index (χ3n) is 1.60. The van der Waals surface area contributed by atoms with Crippen molar-refractivity contribution in [1.29, 1.82) is 0 Å². The van der Waals surface area contributed by atoms with Crippen LogP contribution in [0.5, 0.6) is 0 Å². The number of halogens is 1. The van der Waals surface area contributed by atoms with Gasteiger partial charge in [-0.25, -0.2) is 0 Å². The van der Waals surface area contributed by atoms with E-state index in [1.807, 2.05) is 0 Å². The number of hydrogen-bond acceptors (Lipinski definition) is 2. The third kappa shape index (κ3) is 3.26. The van der Waals surface area contributed by atoms with Crippen LogP contribution in [0.2, 0.25) is 0 Å². The summed E-state index contributed by atoms with van der Waals surface area (Å²) in [5.41, 5.74) is 0. The zero-order chi connectivity index (χ0) is 7.23. The van der Waals surface area contributed by atoms with E-state index in [-0.39, 0.29) is 0 Å². The van der Waals surface area contributed by atoms with Crippen molar-refractivity contribution >= 4 is 27.7 Å². The van der Waals surface area contributed by atoms with E-state index in [1.165, 1.54) is 18.6 Å². The first-order valence-electron chi connectivity index (χ1n) is 3.69. The minimum absolute atomic E-state index is 0.867. The van der Waals surface area contributed by atoms with Crippen molar-refractivity contribution in [2.24, 2.45) is 0 Å². The smallest absolute Gasteiger partial charge is 0.0476 e. The van der Waals surface area contributed by atoms with Crippen LogP contribution in [-0.4, -0.2) is 29.5 Å². The van der Waals surface area contributed by atoms with E-state index in [0.29, 0.717) is 0 Å². The molecular weight excluding hydrogens is 212 g/mol. The molecule has 1 nitrogen and oxygen atoms in total. The molecule has 3 heteroatoms. The molecule has 60 valence electrons. The van der Waals surface area contributed by atoms with Gasteiger partial charge in [-0.05, 0) is 12.8 Å². The maximum Gasteiger partial charge on any atom is 0.0476 e. The molecule has 0 N–H and O–H groups in total. The fraction of sp³-hybridized carbons (Fsp3) is 1.00. The summed E-state index contributed by atoms with van der Waals surface area (Å²) >= 11 is 5.49. The lowest BCUT2D eigenvalue weighted by molar-refractivity contribution is 0.100. The van der Waals surface area contributed by atoms with Crippen molar-refractivity contribution < 1.29 is 4.74 Å². The molecule has 1 heterocycles. The van der Waals surface area contributed by atoms with E-state index in [1.54, 1.807) is 0 Å². The maximum absolute atomic E-state index is 5.25. The van der Waals surface area contributed by atoms with Crippen molar-refractivity contribution in [3.05, 3.63) is 0 Å². The molecule has 0 spiro atoms. The molecule has 0 radical (unpaired) electrons. The molecule has 0 amide bonds. The monoisotopic (exact) mass is 224 g/mol. The van der Waals surface area contributed by atoms with Gasteiger partial charge in [0, 0.05) is 29.5 Å². The minimum atomic E-state index is 0.867. The highest BCUT2D eigenvalue weighted by atomic mass is 79.9. The van der Waals surface area contributed by atoms with Crippen LogP contribution in [0.15, 0.2) is 0 Å². The quantitative estimate of drug-likeness (QED) is 0.681. The highest BCUT2D eigenvalue weighted by molar-refractivity contribution is 9.09. The van der Waals surface area contributed by atoms with Gasteiger partial charge in [0.2, 0.25) is 0 Å². The van der Waals surface area contributed by atoms with Crippen LogP contribution < -0.4 is 0 Å². The molecule has 1 rings (SSSR count). The zero-order valence-corrected chi connectivity index (χ0v) is 8.42. The minimum Gasteiger partial charge on any atom is -0.381 e. The van der Waals surface area contributed by atoms with Gasteiger partial charge < -0.3 is 4.74 Å². The average molecular weight is 225 g/mol. The number of rotatable bonds is 3. The lowest BCUT2D eigenvalue weighted by Gasteiger charge is -2.20. The molecule has 1 saturated heterocycles. The van der Waals surface area contributed by atoms with E-state index in [9.17, 15) is 0 Å². The Labute approximate surface area is 75.0 Å². The number of alkyl halides is 1. The lowest BCUT2D eigenvalue weighted by Crippen LogP contribution is -2.17. The molecule has 0 unspecified atom stereocenters. The molecule has 0 aromatic carbocycles. The highest BCUT2D eigenvalue weighted by Crippen LogP contribution is 2.21. The van der Waals surface area contributed by atoms with Crippen LogP contribution in [0.1, 0.15) is 12.8 Å². The molecular formula is C7H13BrOS. The van der Waals surface area contributed by atoms with Crippen LogP contribution in [0.3, 0.4) is 0 Å². The van der Waals surface area contributed by atoms with Crippen LogP contribution in [0, 0.1) is 0 Å². The van der Waals surface area contributed by atoms with E-state index >= 15 is 0 Å². The van der Waals surface area contributed by atoms with E-state index in [2.05, 4.69) is 27.7 Å². The summed E-state index contributed by atoms with van der Waals surface area (Å²) in [7, 11) is 0. The number of thioether (sulfide) groups is 1. The molecule has 0 saturated carbocycles. The Morgan fingerprint density at radius 2 is 2.10 bits per heavy atom. The maximum atomic E-state index is 5.25. The topological polar surface area (TPSA) is 9.23 Å². The Balaban J connectivity index is 2.02. The largest absolute Gasteiger partial charge is 0.381 e. The SMILES string of the molecule is BrCCSC1CCOCC1. The molecule has 0 aliphatic carbocycles. The summed E-state index contributed by atoms with van der Waals surface area (Å²) in [5.74, 6) is 1.24. The van der Waals surface area contributed by atoms with Gasteiger partial charge in [0.05, 0.1) is 0 Å². The van der Waals surface area contributed by atoms with Crippen molar-refractivity contribution in [1.82, 2.24) is 0 Å². The lowest BCUT2D eigenvalue weighted by atomic mass is 10.2. The molecule has 0 bridgehead atoms. The van der Waals surface area contributed by atoms with Gasteiger partial charge >= 0.3 is 0 Å². The summed E-state index contributed by atoms with van der Waals surface area (Å²) in [5, 5.41) is 1.99. The standard InChI is InChI=1S/C7H13BrOS/c8-3-6-10-7-1-4-9-5-2-7/h7H,1-6H2. The highest BCUT2D eigenvalue weighted by Gasteiger charge is 2.12. The summed E-state index contributed by atoms with van der Waals surface area (Å²) in [6, 6.07) is 0. The van der Waals surface area contributed by atoms with Crippen molar-refractivity contribution in [3.8, 4) is 0 Å². The van der Waals surface area contributed by atoms with Crippen LogP contribution in [0.25, 0.3) is 0 Å². The van der Waals surface area contributed by atoms with Gasteiger partial charge in [-0.3, -0.25) is 0 Å². The Bertz CT molecular complexity index is 83.7. The summed E-state index contributed by atoms with van der Waals surface area (Å²) in [6.07, 6.45) is 2.50. The first-order chi connectivity index (χ1) is 4.93. The predicted octanol–water partition coefficient (Wildman–Crippen LogP) is 2.29. The van der Waals surface area contributed by atoms with Crippen molar-refractivity contribution in [2.45, 2.75) is 18.1 Å². The van der Waals surface area contributed by atoms with Crippen molar-refractivity contribution in [3.63, 3.8) is 0 Å². The fourth-order valence-corrected chi connectivity index (χ4v) is 2.56. The van der Waals surface area contributed by atoms with E-state index < -0.39 is 0 Å². The predicted molar refractivity (Wildman–Crippen MR) is 50.1 cm³/mol. The Morgan fingerprint density at radius 1 is 1.40 bits per heavy atom. The zero-order valence-electron chi connectivity index (χ0n) is 6.01. The van der Waals surface area contributed by atoms with Gasteiger partial charge in [-0.1, -0.05) is 15.9 Å². The van der Waals surface area contributed by atoms with Gasteiger partial charge in [0.1, 0.15) is 0 Å². The van der Waals surface area contributed by atoms with E-state index in [4.69, 9.17) is 4.74 Å². The molecule has 0 aromatic rings. The molecule has 0 atom stereocenters. The summed E-state index contributed by atoms with van der Waals surface area (Å²) < 4.78 is 5.25. The van der Waals surface area contributed by atoms with Crippen LogP contribution in [0.4, 0.5) is 0 Å². The third-order valence-corrected chi connectivity index (χ3v) is 3.90. The Kier molecular flexibility index (Phi) is 4.83. The summed E-state index contributed by atoms with van der Waals surface area (Å²) in [4.78, 5) is 0. The van der Waals surface area contributed by atoms with Gasteiger partial charge in [0.25, 0.3) is 0 Å². The fourth-order valence-electron chi connectivity index (χ4n) is 1.05. The second-order valence-corrected chi connectivity index (χ2v) is 4.57. The molecule has 0 aromatic heterocycles. The average Bonchev–Trinajstić information content (AvgIpc) is 2.03. The van der Waals surface area contributed by atoms with E-state index in [0.717, 1.165) is 23.8 Å². The Morgan fingerprint density at radius 3 is 2.70 bits per heavy atom. The van der Waals surface area contributed by atoms with Gasteiger partial charge in [0.15, 0.2) is 0 Å². The Hall–Kier alpha value is 0.790. The van der Waals surface area contributed by atoms with Crippen molar-refractivity contribution in [2.75, 3.05) is 24.3 Å².